The zero-order valence-corrected chi connectivity index (χ0v) is 12.0. The molecule has 2 aromatic carbocycles. The summed E-state index contributed by atoms with van der Waals surface area (Å²) in [7, 11) is 1.79. The van der Waals surface area contributed by atoms with Gasteiger partial charge in [-0.2, -0.15) is 0 Å². The van der Waals surface area contributed by atoms with Gasteiger partial charge in [-0.25, -0.2) is 9.18 Å². The van der Waals surface area contributed by atoms with E-state index in [9.17, 15) is 9.18 Å². The number of anilines is 3. The van der Waals surface area contributed by atoms with Gasteiger partial charge in [-0.05, 0) is 43.3 Å². The third-order valence-corrected chi connectivity index (χ3v) is 3.12. The first-order valence-corrected chi connectivity index (χ1v) is 6.59. The van der Waals surface area contributed by atoms with Crippen molar-refractivity contribution in [3.8, 4) is 0 Å². The number of nitrogen functional groups attached to an aromatic ring is 1. The van der Waals surface area contributed by atoms with Crippen molar-refractivity contribution >= 4 is 23.0 Å². The van der Waals surface area contributed by atoms with E-state index in [0.717, 1.165) is 5.69 Å². The van der Waals surface area contributed by atoms with E-state index < -0.39 is 5.97 Å². The van der Waals surface area contributed by atoms with Gasteiger partial charge in [0.05, 0.1) is 12.2 Å². The van der Waals surface area contributed by atoms with Gasteiger partial charge in [0.15, 0.2) is 0 Å². The summed E-state index contributed by atoms with van der Waals surface area (Å²) in [6, 6.07) is 11.2. The van der Waals surface area contributed by atoms with Gasteiger partial charge in [0.25, 0.3) is 0 Å². The van der Waals surface area contributed by atoms with E-state index in [4.69, 9.17) is 10.5 Å². The Labute approximate surface area is 122 Å². The number of benzene rings is 2. The highest BCUT2D eigenvalue weighted by Crippen LogP contribution is 2.27. The summed E-state index contributed by atoms with van der Waals surface area (Å²) in [5, 5.41) is 0. The molecule has 0 aromatic heterocycles. The molecule has 0 aliphatic rings. The topological polar surface area (TPSA) is 55.6 Å². The van der Waals surface area contributed by atoms with Crippen LogP contribution in [0.2, 0.25) is 0 Å². The first kappa shape index (κ1) is 14.8. The molecule has 0 amide bonds. The fourth-order valence-electron chi connectivity index (χ4n) is 1.97. The van der Waals surface area contributed by atoms with Crippen molar-refractivity contribution in [2.24, 2.45) is 0 Å². The van der Waals surface area contributed by atoms with Gasteiger partial charge in [0, 0.05) is 24.1 Å². The Balaban J connectivity index is 2.36. The lowest BCUT2D eigenvalue weighted by molar-refractivity contribution is 0.0527. The van der Waals surface area contributed by atoms with Gasteiger partial charge in [-0.3, -0.25) is 0 Å². The Morgan fingerprint density at radius 3 is 2.62 bits per heavy atom. The van der Waals surface area contributed by atoms with Crippen LogP contribution in [0.4, 0.5) is 21.5 Å². The summed E-state index contributed by atoms with van der Waals surface area (Å²) in [5.74, 6) is -0.787. The SMILES string of the molecule is CCOC(=O)c1cc(N(C)c2cccc(F)c2)ccc1N. The molecular weight excluding hydrogens is 271 g/mol. The maximum Gasteiger partial charge on any atom is 0.340 e. The van der Waals surface area contributed by atoms with Crippen molar-refractivity contribution in [1.82, 2.24) is 0 Å². The average Bonchev–Trinajstić information content (AvgIpc) is 2.47. The maximum atomic E-state index is 13.3. The van der Waals surface area contributed by atoms with Gasteiger partial charge in [0.1, 0.15) is 5.82 Å². The van der Waals surface area contributed by atoms with Gasteiger partial charge >= 0.3 is 5.97 Å². The summed E-state index contributed by atoms with van der Waals surface area (Å²) in [6.45, 7) is 2.01. The number of hydrogen-bond acceptors (Lipinski definition) is 4. The Bertz CT molecular complexity index is 658. The number of nitrogens with zero attached hydrogens (tertiary/aromatic N) is 1. The molecule has 2 aromatic rings. The summed E-state index contributed by atoms with van der Waals surface area (Å²) in [6.07, 6.45) is 0. The Hall–Kier alpha value is -2.56. The molecule has 4 nitrogen and oxygen atoms in total. The van der Waals surface area contributed by atoms with Crippen molar-refractivity contribution in [2.45, 2.75) is 6.92 Å². The second kappa shape index (κ2) is 6.26. The van der Waals surface area contributed by atoms with Crippen LogP contribution in [0.15, 0.2) is 42.5 Å². The van der Waals surface area contributed by atoms with Crippen LogP contribution < -0.4 is 10.6 Å². The molecule has 0 saturated carbocycles. The fraction of sp³-hybridized carbons (Fsp3) is 0.188. The lowest BCUT2D eigenvalue weighted by Crippen LogP contribution is -2.13. The molecule has 5 heteroatoms. The Morgan fingerprint density at radius 1 is 1.24 bits per heavy atom. The fourth-order valence-corrected chi connectivity index (χ4v) is 1.97. The molecular formula is C16H17FN2O2. The van der Waals surface area contributed by atoms with Crippen molar-refractivity contribution in [3.63, 3.8) is 0 Å². The highest BCUT2D eigenvalue weighted by molar-refractivity contribution is 5.96. The number of halogens is 1. The highest BCUT2D eigenvalue weighted by atomic mass is 19.1. The predicted molar refractivity (Wildman–Crippen MR) is 81.3 cm³/mol. The van der Waals surface area contributed by atoms with E-state index in [1.54, 1.807) is 49.2 Å². The van der Waals surface area contributed by atoms with E-state index in [2.05, 4.69) is 0 Å². The van der Waals surface area contributed by atoms with Crippen LogP contribution in [-0.2, 0) is 4.74 Å². The molecule has 2 rings (SSSR count). The molecule has 0 aliphatic heterocycles. The molecule has 21 heavy (non-hydrogen) atoms. The number of nitrogens with two attached hydrogens (primary N) is 1. The number of hydrogen-bond donors (Lipinski definition) is 1. The zero-order valence-electron chi connectivity index (χ0n) is 12.0. The summed E-state index contributed by atoms with van der Waals surface area (Å²) >= 11 is 0. The molecule has 0 saturated heterocycles. The number of carbonyl (C=O) groups excluding carboxylic acids is 1. The van der Waals surface area contributed by atoms with Crippen LogP contribution in [0, 0.1) is 5.82 Å². The van der Waals surface area contributed by atoms with Gasteiger partial charge in [-0.15, -0.1) is 0 Å². The minimum Gasteiger partial charge on any atom is -0.462 e. The third kappa shape index (κ3) is 3.31. The maximum absolute atomic E-state index is 13.3. The van der Waals surface area contributed by atoms with E-state index >= 15 is 0 Å². The molecule has 110 valence electrons. The van der Waals surface area contributed by atoms with Crippen molar-refractivity contribution in [1.29, 1.82) is 0 Å². The molecule has 0 radical (unpaired) electrons. The minimum atomic E-state index is -0.468. The zero-order chi connectivity index (χ0) is 15.4. The smallest absolute Gasteiger partial charge is 0.340 e. The standard InChI is InChI=1S/C16H17FN2O2/c1-3-21-16(20)14-10-13(7-8-15(14)18)19(2)12-6-4-5-11(17)9-12/h4-10H,3,18H2,1-2H3. The van der Waals surface area contributed by atoms with Gasteiger partial charge in [-0.1, -0.05) is 6.07 Å². The predicted octanol–water partition coefficient (Wildman–Crippen LogP) is 3.35. The molecule has 0 atom stereocenters. The van der Waals surface area contributed by atoms with Crippen LogP contribution in [0.3, 0.4) is 0 Å². The van der Waals surface area contributed by atoms with E-state index in [0.29, 0.717) is 16.9 Å². The van der Waals surface area contributed by atoms with E-state index in [-0.39, 0.29) is 12.4 Å². The molecule has 2 N–H and O–H groups in total. The van der Waals surface area contributed by atoms with Crippen LogP contribution in [0.5, 0.6) is 0 Å². The summed E-state index contributed by atoms with van der Waals surface area (Å²) in [4.78, 5) is 13.6. The van der Waals surface area contributed by atoms with Gasteiger partial charge in [0.2, 0.25) is 0 Å². The number of ether oxygens (including phenoxy) is 1. The largest absolute Gasteiger partial charge is 0.462 e. The lowest BCUT2D eigenvalue weighted by Gasteiger charge is -2.20. The first-order valence-electron chi connectivity index (χ1n) is 6.59. The second-order valence-electron chi connectivity index (χ2n) is 4.53. The quantitative estimate of drug-likeness (QED) is 0.692. The van der Waals surface area contributed by atoms with E-state index in [1.165, 1.54) is 12.1 Å². The number of rotatable bonds is 4. The van der Waals surface area contributed by atoms with Crippen molar-refractivity contribution in [2.75, 3.05) is 24.3 Å². The van der Waals surface area contributed by atoms with Crippen LogP contribution in [0.25, 0.3) is 0 Å². The summed E-state index contributed by atoms with van der Waals surface area (Å²) < 4.78 is 18.3. The van der Waals surface area contributed by atoms with Crippen LogP contribution in [0.1, 0.15) is 17.3 Å². The second-order valence-corrected chi connectivity index (χ2v) is 4.53. The normalized spacial score (nSPS) is 10.2. The minimum absolute atomic E-state index is 0.280. The molecule has 0 spiro atoms. The molecule has 0 fully saturated rings. The van der Waals surface area contributed by atoms with E-state index in [1.807, 2.05) is 0 Å². The number of esters is 1. The molecule has 0 heterocycles. The Morgan fingerprint density at radius 2 is 1.95 bits per heavy atom. The first-order chi connectivity index (χ1) is 10.0. The third-order valence-electron chi connectivity index (χ3n) is 3.12. The monoisotopic (exact) mass is 288 g/mol. The summed E-state index contributed by atoms with van der Waals surface area (Å²) in [5.41, 5.74) is 7.86. The molecule has 0 aliphatic carbocycles. The Kier molecular flexibility index (Phi) is 4.42. The van der Waals surface area contributed by atoms with Crippen LogP contribution >= 0.6 is 0 Å². The number of carbonyl (C=O) groups is 1. The van der Waals surface area contributed by atoms with Crippen LogP contribution in [-0.4, -0.2) is 19.6 Å². The molecule has 0 bridgehead atoms. The lowest BCUT2D eigenvalue weighted by atomic mass is 10.1. The van der Waals surface area contributed by atoms with Crippen molar-refractivity contribution < 1.29 is 13.9 Å². The van der Waals surface area contributed by atoms with Crippen molar-refractivity contribution in [3.05, 3.63) is 53.8 Å². The average molecular weight is 288 g/mol. The van der Waals surface area contributed by atoms with Gasteiger partial charge < -0.3 is 15.4 Å². The highest BCUT2D eigenvalue weighted by Gasteiger charge is 2.14. The molecule has 0 unspecified atom stereocenters.